The fraction of sp³-hybridized carbons (Fsp3) is 0.611. The minimum atomic E-state index is 0.318. The summed E-state index contributed by atoms with van der Waals surface area (Å²) in [6.45, 7) is 6.36. The number of hydrogen-bond donors (Lipinski definition) is 1. The van der Waals surface area contributed by atoms with Gasteiger partial charge in [-0.25, -0.2) is 0 Å². The second kappa shape index (κ2) is 7.59. The van der Waals surface area contributed by atoms with Crippen LogP contribution in [0.25, 0.3) is 0 Å². The highest BCUT2D eigenvalue weighted by Gasteiger charge is 2.27. The molecule has 2 N–H and O–H groups in total. The van der Waals surface area contributed by atoms with E-state index < -0.39 is 0 Å². The molecule has 1 heterocycles. The van der Waals surface area contributed by atoms with Gasteiger partial charge in [-0.3, -0.25) is 4.90 Å². The molecule has 1 aromatic rings. The average Bonchev–Trinajstić information content (AvgIpc) is 2.90. The van der Waals surface area contributed by atoms with Crippen LogP contribution in [0.2, 0.25) is 0 Å². The second-order valence-corrected chi connectivity index (χ2v) is 6.24. The average molecular weight is 285 g/mol. The van der Waals surface area contributed by atoms with Gasteiger partial charge in [-0.05, 0) is 37.0 Å². The number of aryl methyl sites for hydroxylation is 1. The van der Waals surface area contributed by atoms with Gasteiger partial charge < -0.3 is 5.73 Å². The van der Waals surface area contributed by atoms with Crippen molar-refractivity contribution in [1.29, 1.82) is 5.26 Å². The van der Waals surface area contributed by atoms with Crippen molar-refractivity contribution in [2.75, 3.05) is 13.1 Å². The highest BCUT2D eigenvalue weighted by molar-refractivity contribution is 5.40. The number of rotatable bonds is 6. The Kier molecular flexibility index (Phi) is 5.78. The lowest BCUT2D eigenvalue weighted by molar-refractivity contribution is 0.226. The maximum atomic E-state index is 9.09. The van der Waals surface area contributed by atoms with Crippen molar-refractivity contribution in [1.82, 2.24) is 4.90 Å². The Morgan fingerprint density at radius 1 is 1.43 bits per heavy atom. The van der Waals surface area contributed by atoms with E-state index in [0.29, 0.717) is 12.1 Å². The first-order valence-corrected chi connectivity index (χ1v) is 8.16. The van der Waals surface area contributed by atoms with Crippen molar-refractivity contribution in [2.45, 2.75) is 58.0 Å². The summed E-state index contributed by atoms with van der Waals surface area (Å²) < 4.78 is 0. The third-order valence-corrected chi connectivity index (χ3v) is 4.53. The molecule has 3 heteroatoms. The maximum Gasteiger partial charge on any atom is 0.0994 e. The quantitative estimate of drug-likeness (QED) is 0.814. The summed E-state index contributed by atoms with van der Waals surface area (Å²) in [5, 5.41) is 9.09. The molecule has 0 aliphatic carbocycles. The fourth-order valence-corrected chi connectivity index (χ4v) is 3.27. The van der Waals surface area contributed by atoms with Crippen LogP contribution in [0.4, 0.5) is 0 Å². The first kappa shape index (κ1) is 16.0. The van der Waals surface area contributed by atoms with Gasteiger partial charge in [0.15, 0.2) is 0 Å². The van der Waals surface area contributed by atoms with Crippen LogP contribution in [0.3, 0.4) is 0 Å². The molecule has 1 aliphatic rings. The maximum absolute atomic E-state index is 9.09. The number of benzene rings is 1. The van der Waals surface area contributed by atoms with E-state index >= 15 is 0 Å². The van der Waals surface area contributed by atoms with E-state index in [9.17, 15) is 0 Å². The van der Waals surface area contributed by atoms with Crippen LogP contribution < -0.4 is 5.73 Å². The minimum absolute atomic E-state index is 0.318. The van der Waals surface area contributed by atoms with Crippen molar-refractivity contribution in [3.05, 3.63) is 34.9 Å². The standard InChI is InChI=1S/C18H27N3/c1-3-4-5-6-18(21-10-9-17(20)13-21)15-7-8-16(12-19)14(2)11-15/h7-8,11,17-18H,3-6,9-10,13,20H2,1-2H3. The van der Waals surface area contributed by atoms with Crippen LogP contribution in [-0.2, 0) is 0 Å². The van der Waals surface area contributed by atoms with Crippen molar-refractivity contribution in [3.63, 3.8) is 0 Å². The van der Waals surface area contributed by atoms with Gasteiger partial charge in [0.25, 0.3) is 0 Å². The lowest BCUT2D eigenvalue weighted by Crippen LogP contribution is -2.30. The number of unbranched alkanes of at least 4 members (excludes halogenated alkanes) is 2. The van der Waals surface area contributed by atoms with E-state index in [-0.39, 0.29) is 0 Å². The van der Waals surface area contributed by atoms with Crippen LogP contribution in [0.1, 0.15) is 61.8 Å². The smallest absolute Gasteiger partial charge is 0.0994 e. The number of nitrogens with two attached hydrogens (primary N) is 1. The van der Waals surface area contributed by atoms with Gasteiger partial charge in [0.2, 0.25) is 0 Å². The largest absolute Gasteiger partial charge is 0.326 e. The summed E-state index contributed by atoms with van der Waals surface area (Å²) in [7, 11) is 0. The molecular weight excluding hydrogens is 258 g/mol. The van der Waals surface area contributed by atoms with Gasteiger partial charge in [-0.15, -0.1) is 0 Å². The zero-order valence-electron chi connectivity index (χ0n) is 13.3. The Hall–Kier alpha value is -1.37. The van der Waals surface area contributed by atoms with Gasteiger partial charge in [0.05, 0.1) is 11.6 Å². The van der Waals surface area contributed by atoms with E-state index in [0.717, 1.165) is 30.6 Å². The predicted molar refractivity (Wildman–Crippen MR) is 86.9 cm³/mol. The van der Waals surface area contributed by atoms with E-state index in [1.807, 2.05) is 13.0 Å². The Balaban J connectivity index is 2.17. The van der Waals surface area contributed by atoms with Crippen molar-refractivity contribution >= 4 is 0 Å². The van der Waals surface area contributed by atoms with E-state index in [2.05, 4.69) is 30.0 Å². The van der Waals surface area contributed by atoms with Gasteiger partial charge >= 0.3 is 0 Å². The molecule has 114 valence electrons. The molecule has 0 amide bonds. The monoisotopic (exact) mass is 285 g/mol. The molecule has 1 aliphatic heterocycles. The molecular formula is C18H27N3. The molecule has 2 unspecified atom stereocenters. The first-order valence-electron chi connectivity index (χ1n) is 8.16. The molecule has 0 spiro atoms. The molecule has 1 aromatic carbocycles. The topological polar surface area (TPSA) is 53.0 Å². The molecule has 0 radical (unpaired) electrons. The predicted octanol–water partition coefficient (Wildman–Crippen LogP) is 3.52. The third-order valence-electron chi connectivity index (χ3n) is 4.53. The highest BCUT2D eigenvalue weighted by atomic mass is 15.2. The third kappa shape index (κ3) is 4.06. The van der Waals surface area contributed by atoms with Gasteiger partial charge in [0.1, 0.15) is 0 Å². The molecule has 1 saturated heterocycles. The highest BCUT2D eigenvalue weighted by Crippen LogP contribution is 2.30. The van der Waals surface area contributed by atoms with Crippen LogP contribution in [0, 0.1) is 18.3 Å². The lowest BCUT2D eigenvalue weighted by Gasteiger charge is -2.28. The Morgan fingerprint density at radius 2 is 2.24 bits per heavy atom. The number of nitrogens with zero attached hydrogens (tertiary/aromatic N) is 2. The van der Waals surface area contributed by atoms with Crippen LogP contribution in [0.15, 0.2) is 18.2 Å². The van der Waals surface area contributed by atoms with E-state index in [1.54, 1.807) is 0 Å². The van der Waals surface area contributed by atoms with E-state index in [4.69, 9.17) is 11.0 Å². The van der Waals surface area contributed by atoms with Crippen LogP contribution >= 0.6 is 0 Å². The molecule has 1 fully saturated rings. The Morgan fingerprint density at radius 3 is 2.81 bits per heavy atom. The van der Waals surface area contributed by atoms with Crippen molar-refractivity contribution < 1.29 is 0 Å². The molecule has 3 nitrogen and oxygen atoms in total. The molecule has 0 aromatic heterocycles. The van der Waals surface area contributed by atoms with Gasteiger partial charge in [0, 0.05) is 25.2 Å². The Labute approximate surface area is 128 Å². The SMILES string of the molecule is CCCCCC(c1ccc(C#N)c(C)c1)N1CCC(N)C1. The molecule has 2 atom stereocenters. The molecule has 2 rings (SSSR count). The number of hydrogen-bond acceptors (Lipinski definition) is 3. The summed E-state index contributed by atoms with van der Waals surface area (Å²) >= 11 is 0. The Bertz CT molecular complexity index is 504. The van der Waals surface area contributed by atoms with Crippen LogP contribution in [0.5, 0.6) is 0 Å². The summed E-state index contributed by atoms with van der Waals surface area (Å²) in [5.74, 6) is 0. The van der Waals surface area contributed by atoms with E-state index in [1.165, 1.54) is 31.2 Å². The van der Waals surface area contributed by atoms with Crippen molar-refractivity contribution in [3.8, 4) is 6.07 Å². The second-order valence-electron chi connectivity index (χ2n) is 6.24. The lowest BCUT2D eigenvalue weighted by atomic mass is 9.96. The van der Waals surface area contributed by atoms with Gasteiger partial charge in [-0.2, -0.15) is 5.26 Å². The number of nitriles is 1. The van der Waals surface area contributed by atoms with Crippen LogP contribution in [-0.4, -0.2) is 24.0 Å². The zero-order valence-corrected chi connectivity index (χ0v) is 13.3. The zero-order chi connectivity index (χ0) is 15.2. The van der Waals surface area contributed by atoms with Crippen molar-refractivity contribution in [2.24, 2.45) is 5.73 Å². The minimum Gasteiger partial charge on any atom is -0.326 e. The molecule has 0 bridgehead atoms. The molecule has 21 heavy (non-hydrogen) atoms. The normalized spacial score (nSPS) is 20.4. The molecule has 0 saturated carbocycles. The number of likely N-dealkylation sites (tertiary alicyclic amines) is 1. The summed E-state index contributed by atoms with van der Waals surface area (Å²) in [4.78, 5) is 2.53. The summed E-state index contributed by atoms with van der Waals surface area (Å²) in [5.41, 5.74) is 9.29. The van der Waals surface area contributed by atoms with Gasteiger partial charge in [-0.1, -0.05) is 38.3 Å². The first-order chi connectivity index (χ1) is 10.2. The fourth-order valence-electron chi connectivity index (χ4n) is 3.27. The summed E-state index contributed by atoms with van der Waals surface area (Å²) in [6.07, 6.45) is 6.07. The summed E-state index contributed by atoms with van der Waals surface area (Å²) in [6, 6.07) is 9.32.